The highest BCUT2D eigenvalue weighted by Crippen LogP contribution is 2.52. The Labute approximate surface area is 250 Å². The van der Waals surface area contributed by atoms with E-state index in [1.807, 2.05) is 106 Å². The number of nitrogens with zero attached hydrogens (tertiary/aromatic N) is 2. The van der Waals surface area contributed by atoms with Crippen molar-refractivity contribution in [3.8, 4) is 22.5 Å². The maximum Gasteiger partial charge on any atom is 0.295 e. The standard InChI is InChI=1S/C37H23F4N3/c38-23-17-27-34(29(40)19-23)32-13-5-7-15-43(32)36(27)21-22-9-1-2-10-25(22)37(42-31-12-4-3-11-26(31)36)28-18-24(39)20-30(41)35(28)33-14-6-8-16-44(33)37/h1-20,42H,21H2/q+2. The van der Waals surface area contributed by atoms with Crippen LogP contribution in [-0.4, -0.2) is 0 Å². The van der Waals surface area contributed by atoms with Gasteiger partial charge in [0.05, 0.1) is 33.5 Å². The van der Waals surface area contributed by atoms with E-state index in [1.54, 1.807) is 0 Å². The summed E-state index contributed by atoms with van der Waals surface area (Å²) in [4.78, 5) is 0. The van der Waals surface area contributed by atoms with Crippen molar-refractivity contribution in [1.29, 1.82) is 0 Å². The molecular weight excluding hydrogens is 562 g/mol. The first-order valence-corrected chi connectivity index (χ1v) is 14.4. The maximum absolute atomic E-state index is 15.7. The highest BCUT2D eigenvalue weighted by Gasteiger charge is 2.61. The van der Waals surface area contributed by atoms with Crippen LogP contribution >= 0.6 is 0 Å². The third-order valence-electron chi connectivity index (χ3n) is 9.49. The molecule has 2 aromatic heterocycles. The summed E-state index contributed by atoms with van der Waals surface area (Å²) in [5.74, 6) is -2.62. The topological polar surface area (TPSA) is 19.8 Å². The van der Waals surface area contributed by atoms with Crippen LogP contribution in [-0.2, 0) is 17.6 Å². The molecule has 1 N–H and O–H groups in total. The van der Waals surface area contributed by atoms with Gasteiger partial charge in [-0.2, -0.15) is 9.13 Å². The molecule has 212 valence electrons. The summed E-state index contributed by atoms with van der Waals surface area (Å²) in [5, 5.41) is 3.77. The van der Waals surface area contributed by atoms with Gasteiger partial charge in [0.15, 0.2) is 12.4 Å². The predicted octanol–water partition coefficient (Wildman–Crippen LogP) is 6.99. The highest BCUT2D eigenvalue weighted by molar-refractivity contribution is 5.76. The number of hydrogen-bond donors (Lipinski definition) is 1. The molecule has 0 radical (unpaired) electrons. The van der Waals surface area contributed by atoms with E-state index in [1.165, 1.54) is 12.1 Å². The van der Waals surface area contributed by atoms with E-state index < -0.39 is 34.5 Å². The van der Waals surface area contributed by atoms with Gasteiger partial charge in [0.25, 0.3) is 5.66 Å². The van der Waals surface area contributed by atoms with Crippen molar-refractivity contribution in [2.45, 2.75) is 17.6 Å². The van der Waals surface area contributed by atoms with Gasteiger partial charge in [-0.15, -0.1) is 0 Å². The Balaban J connectivity index is 1.44. The number of nitrogens with one attached hydrogen (secondary N) is 1. The second kappa shape index (κ2) is 8.63. The molecule has 2 unspecified atom stereocenters. The van der Waals surface area contributed by atoms with E-state index in [0.717, 1.165) is 28.8 Å². The summed E-state index contributed by atoms with van der Waals surface area (Å²) >= 11 is 0. The predicted molar refractivity (Wildman–Crippen MR) is 157 cm³/mol. The summed E-state index contributed by atoms with van der Waals surface area (Å²) in [6, 6.07) is 31.2. The quantitative estimate of drug-likeness (QED) is 0.151. The van der Waals surface area contributed by atoms with Crippen LogP contribution in [0.5, 0.6) is 0 Å². The second-order valence-corrected chi connectivity index (χ2v) is 11.6. The van der Waals surface area contributed by atoms with Crippen LogP contribution in [0, 0.1) is 23.3 Å². The van der Waals surface area contributed by atoms with Gasteiger partial charge in [0.2, 0.25) is 16.9 Å². The molecule has 0 amide bonds. The first-order valence-electron chi connectivity index (χ1n) is 14.4. The fourth-order valence-electron chi connectivity index (χ4n) is 7.93. The minimum atomic E-state index is -1.23. The molecule has 9 rings (SSSR count). The number of hydrogen-bond acceptors (Lipinski definition) is 1. The Morgan fingerprint density at radius 2 is 1.11 bits per heavy atom. The van der Waals surface area contributed by atoms with Gasteiger partial charge >= 0.3 is 0 Å². The number of anilines is 1. The Kier molecular flexibility index (Phi) is 4.95. The van der Waals surface area contributed by atoms with Crippen LogP contribution in [0.25, 0.3) is 22.5 Å². The van der Waals surface area contributed by atoms with Gasteiger partial charge in [-0.25, -0.2) is 17.6 Å². The van der Waals surface area contributed by atoms with Gasteiger partial charge in [-0.3, -0.25) is 0 Å². The normalized spacial score (nSPS) is 20.1. The van der Waals surface area contributed by atoms with Crippen molar-refractivity contribution in [3.05, 3.63) is 173 Å². The molecule has 0 saturated carbocycles. The van der Waals surface area contributed by atoms with Gasteiger partial charge in [-0.05, 0) is 48.0 Å². The molecule has 6 aromatic rings. The summed E-state index contributed by atoms with van der Waals surface area (Å²) in [6.07, 6.45) is 4.09. The molecule has 3 nitrogen and oxygen atoms in total. The molecule has 3 aliphatic rings. The smallest absolute Gasteiger partial charge is 0.295 e. The molecule has 0 aliphatic carbocycles. The van der Waals surface area contributed by atoms with Crippen molar-refractivity contribution in [1.82, 2.24) is 0 Å². The van der Waals surface area contributed by atoms with Crippen LogP contribution in [0.4, 0.5) is 23.2 Å². The molecule has 2 spiro atoms. The highest BCUT2D eigenvalue weighted by atomic mass is 19.1. The van der Waals surface area contributed by atoms with E-state index >= 15 is 17.6 Å². The van der Waals surface area contributed by atoms with Crippen LogP contribution in [0.2, 0.25) is 0 Å². The third-order valence-corrected chi connectivity index (χ3v) is 9.49. The zero-order chi connectivity index (χ0) is 29.8. The van der Waals surface area contributed by atoms with E-state index in [-0.39, 0.29) is 0 Å². The molecule has 3 aliphatic heterocycles. The molecule has 0 saturated heterocycles. The third kappa shape index (κ3) is 3.01. The van der Waals surface area contributed by atoms with E-state index in [2.05, 4.69) is 5.32 Å². The zero-order valence-corrected chi connectivity index (χ0v) is 23.2. The molecule has 0 bridgehead atoms. The molecule has 0 fully saturated rings. The number of pyridine rings is 2. The first-order chi connectivity index (χ1) is 21.4. The first kappa shape index (κ1) is 25.2. The van der Waals surface area contributed by atoms with Crippen molar-refractivity contribution in [3.63, 3.8) is 0 Å². The minimum Gasteiger partial charge on any atom is -0.317 e. The lowest BCUT2D eigenvalue weighted by Crippen LogP contribution is -2.63. The summed E-state index contributed by atoms with van der Waals surface area (Å²) in [7, 11) is 0. The van der Waals surface area contributed by atoms with Crippen LogP contribution < -0.4 is 14.5 Å². The van der Waals surface area contributed by atoms with Gasteiger partial charge in [0.1, 0.15) is 23.3 Å². The van der Waals surface area contributed by atoms with Crippen molar-refractivity contribution in [2.24, 2.45) is 0 Å². The number of fused-ring (bicyclic) bond motifs is 14. The second-order valence-electron chi connectivity index (χ2n) is 11.6. The van der Waals surface area contributed by atoms with Crippen molar-refractivity contribution < 1.29 is 26.7 Å². The maximum atomic E-state index is 15.7. The molecule has 7 heteroatoms. The summed E-state index contributed by atoms with van der Waals surface area (Å²) in [6.45, 7) is 0. The molecule has 4 aromatic carbocycles. The molecule has 2 atom stereocenters. The molecule has 44 heavy (non-hydrogen) atoms. The van der Waals surface area contributed by atoms with E-state index in [0.29, 0.717) is 45.7 Å². The summed E-state index contributed by atoms with van der Waals surface area (Å²) in [5.41, 5.74) is 3.66. The van der Waals surface area contributed by atoms with E-state index in [4.69, 9.17) is 0 Å². The number of aromatic nitrogens is 2. The Hall–Kier alpha value is -5.30. The lowest BCUT2D eigenvalue weighted by molar-refractivity contribution is -0.730. The van der Waals surface area contributed by atoms with Gasteiger partial charge in [-0.1, -0.05) is 30.3 Å². The fourth-order valence-corrected chi connectivity index (χ4v) is 7.93. The Morgan fingerprint density at radius 3 is 1.86 bits per heavy atom. The zero-order valence-electron chi connectivity index (χ0n) is 23.2. The molecular formula is C37H23F4N3+2. The largest absolute Gasteiger partial charge is 0.317 e. The number of halogens is 4. The van der Waals surface area contributed by atoms with Crippen LogP contribution in [0.1, 0.15) is 27.8 Å². The van der Waals surface area contributed by atoms with E-state index in [9.17, 15) is 0 Å². The Bertz CT molecular complexity index is 2060. The minimum absolute atomic E-state index is 0.317. The number of rotatable bonds is 0. The van der Waals surface area contributed by atoms with Crippen molar-refractivity contribution in [2.75, 3.05) is 5.32 Å². The lowest BCUT2D eigenvalue weighted by atomic mass is 9.73. The molecule has 5 heterocycles. The average molecular weight is 586 g/mol. The summed E-state index contributed by atoms with van der Waals surface area (Å²) < 4.78 is 65.7. The van der Waals surface area contributed by atoms with Crippen LogP contribution in [0.3, 0.4) is 0 Å². The average Bonchev–Trinajstić information content (AvgIpc) is 3.45. The monoisotopic (exact) mass is 585 g/mol. The fraction of sp³-hybridized carbons (Fsp3) is 0.0811. The SMILES string of the molecule is Fc1cc(F)c2c(c1)C1(Cc3ccccc3C3(Nc4ccccc41)c1cc(F)cc(F)c1-c1cccc[n+]13)[n+]1ccccc1-2. The van der Waals surface area contributed by atoms with Gasteiger partial charge < -0.3 is 5.32 Å². The lowest BCUT2D eigenvalue weighted by Gasteiger charge is -2.37. The van der Waals surface area contributed by atoms with Crippen LogP contribution in [0.15, 0.2) is 122 Å². The van der Waals surface area contributed by atoms with Gasteiger partial charge in [0, 0.05) is 48.4 Å². The Morgan fingerprint density at radius 1 is 0.545 bits per heavy atom. The van der Waals surface area contributed by atoms with Crippen molar-refractivity contribution >= 4 is 5.69 Å². The number of para-hydroxylation sites is 1. The number of benzene rings is 4.